The number of hydrogen-bond acceptors (Lipinski definition) is 8. The lowest BCUT2D eigenvalue weighted by molar-refractivity contribution is -0.0843. The van der Waals surface area contributed by atoms with E-state index in [0.29, 0.717) is 0 Å². The Morgan fingerprint density at radius 3 is 1.56 bits per heavy atom. The molecule has 0 aliphatic carbocycles. The fourth-order valence-electron chi connectivity index (χ4n) is 1.46. The van der Waals surface area contributed by atoms with E-state index in [9.17, 15) is 10.2 Å². The highest BCUT2D eigenvalue weighted by Gasteiger charge is 2.41. The normalized spacial score (nSPS) is 32.4. The van der Waals surface area contributed by atoms with Gasteiger partial charge in [-0.3, -0.25) is 0 Å². The summed E-state index contributed by atoms with van der Waals surface area (Å²) in [7, 11) is 0. The van der Waals surface area contributed by atoms with Gasteiger partial charge in [0.2, 0.25) is 0 Å². The van der Waals surface area contributed by atoms with Crippen molar-refractivity contribution in [3.63, 3.8) is 0 Å². The van der Waals surface area contributed by atoms with Crippen molar-refractivity contribution in [1.29, 1.82) is 0 Å². The maximum absolute atomic E-state index is 9.79. The Kier molecular flexibility index (Phi) is 3.43. The van der Waals surface area contributed by atoms with Crippen LogP contribution in [0.3, 0.4) is 0 Å². The minimum atomic E-state index is -1.17. The minimum absolute atomic E-state index is 0.0321. The molecule has 0 aromatic heterocycles. The van der Waals surface area contributed by atoms with Gasteiger partial charge in [-0.15, -0.1) is 0 Å². The van der Waals surface area contributed by atoms with E-state index in [1.165, 1.54) is 0 Å². The summed E-state index contributed by atoms with van der Waals surface area (Å²) < 4.78 is 19.7. The zero-order chi connectivity index (χ0) is 11.7. The topological polar surface area (TPSA) is 77.4 Å². The van der Waals surface area contributed by atoms with Gasteiger partial charge in [0.25, 0.3) is 0 Å². The third-order valence-corrected chi connectivity index (χ3v) is 2.77. The van der Waals surface area contributed by atoms with Gasteiger partial charge >= 0.3 is 10.5 Å². The standard InChI is InChI=1S/C8H10O6S2/c9-5(3-1-11-7(15)13-3)6(10)4-2-12-8(16)14-4/h3-6,9-10H,1-2H2/t3-,4-,5-,6-/m1/s1. The van der Waals surface area contributed by atoms with Crippen LogP contribution in [0.15, 0.2) is 0 Å². The number of thiocarbonyl (C=S) groups is 2. The molecule has 16 heavy (non-hydrogen) atoms. The molecule has 0 aromatic carbocycles. The van der Waals surface area contributed by atoms with E-state index in [4.69, 9.17) is 18.9 Å². The molecule has 8 heteroatoms. The Balaban J connectivity index is 1.91. The Labute approximate surface area is 102 Å². The van der Waals surface area contributed by atoms with Crippen molar-refractivity contribution >= 4 is 34.9 Å². The molecule has 2 saturated heterocycles. The van der Waals surface area contributed by atoms with Crippen LogP contribution in [0.5, 0.6) is 0 Å². The van der Waals surface area contributed by atoms with Crippen LogP contribution >= 0.6 is 24.4 Å². The molecule has 6 nitrogen and oxygen atoms in total. The van der Waals surface area contributed by atoms with Gasteiger partial charge in [0.15, 0.2) is 12.2 Å². The van der Waals surface area contributed by atoms with Gasteiger partial charge in [0.05, 0.1) is 0 Å². The van der Waals surface area contributed by atoms with Crippen molar-refractivity contribution in [3.05, 3.63) is 0 Å². The van der Waals surface area contributed by atoms with Gasteiger partial charge in [-0.05, 0) is 0 Å². The highest BCUT2D eigenvalue weighted by molar-refractivity contribution is 7.79. The Morgan fingerprint density at radius 2 is 1.31 bits per heavy atom. The van der Waals surface area contributed by atoms with Gasteiger partial charge < -0.3 is 29.2 Å². The van der Waals surface area contributed by atoms with Gasteiger partial charge in [-0.25, -0.2) is 0 Å². The van der Waals surface area contributed by atoms with Crippen LogP contribution in [0, 0.1) is 0 Å². The highest BCUT2D eigenvalue weighted by atomic mass is 32.1. The molecule has 2 fully saturated rings. The van der Waals surface area contributed by atoms with Crippen LogP contribution in [0.4, 0.5) is 0 Å². The van der Waals surface area contributed by atoms with E-state index in [0.717, 1.165) is 0 Å². The highest BCUT2D eigenvalue weighted by Crippen LogP contribution is 2.19. The predicted octanol–water partition coefficient (Wildman–Crippen LogP) is -0.891. The summed E-state index contributed by atoms with van der Waals surface area (Å²) in [6, 6.07) is 0. The zero-order valence-corrected chi connectivity index (χ0v) is 9.70. The lowest BCUT2D eigenvalue weighted by Gasteiger charge is -2.23. The fourth-order valence-corrected chi connectivity index (χ4v) is 1.84. The largest absolute Gasteiger partial charge is 0.453 e. The molecule has 0 saturated carbocycles. The first-order valence-corrected chi connectivity index (χ1v) is 5.42. The first-order valence-electron chi connectivity index (χ1n) is 4.61. The molecule has 0 amide bonds. The maximum atomic E-state index is 9.79. The molecule has 0 spiro atoms. The van der Waals surface area contributed by atoms with Crippen molar-refractivity contribution in [1.82, 2.24) is 0 Å². The van der Waals surface area contributed by atoms with Gasteiger partial charge in [-0.1, -0.05) is 0 Å². The van der Waals surface area contributed by atoms with E-state index in [1.54, 1.807) is 0 Å². The molecule has 90 valence electrons. The van der Waals surface area contributed by atoms with Crippen molar-refractivity contribution in [3.8, 4) is 0 Å². The van der Waals surface area contributed by atoms with Crippen molar-refractivity contribution in [2.24, 2.45) is 0 Å². The van der Waals surface area contributed by atoms with Gasteiger partial charge in [0.1, 0.15) is 25.4 Å². The molecule has 0 unspecified atom stereocenters. The molecule has 2 N–H and O–H groups in total. The van der Waals surface area contributed by atoms with Crippen LogP contribution < -0.4 is 0 Å². The molecular formula is C8H10O6S2. The smallest absolute Gasteiger partial charge is 0.352 e. The summed E-state index contributed by atoms with van der Waals surface area (Å²) in [5, 5.41) is 19.5. The van der Waals surface area contributed by atoms with Crippen molar-refractivity contribution in [2.45, 2.75) is 24.4 Å². The Morgan fingerprint density at radius 1 is 0.938 bits per heavy atom. The Hall–Kier alpha value is -0.700. The second-order valence-corrected chi connectivity index (χ2v) is 4.08. The first kappa shape index (κ1) is 11.8. The van der Waals surface area contributed by atoms with Gasteiger partial charge in [0, 0.05) is 24.4 Å². The van der Waals surface area contributed by atoms with Crippen molar-refractivity contribution in [2.75, 3.05) is 13.2 Å². The van der Waals surface area contributed by atoms with Crippen LogP contribution in [0.25, 0.3) is 0 Å². The van der Waals surface area contributed by atoms with Crippen molar-refractivity contribution < 1.29 is 29.2 Å². The van der Waals surface area contributed by atoms with E-state index < -0.39 is 24.4 Å². The molecule has 0 bridgehead atoms. The quantitative estimate of drug-likeness (QED) is 0.637. The fraction of sp³-hybridized carbons (Fsp3) is 0.750. The van der Waals surface area contributed by atoms with Gasteiger partial charge in [-0.2, -0.15) is 0 Å². The van der Waals surface area contributed by atoms with E-state index in [1.807, 2.05) is 0 Å². The summed E-state index contributed by atoms with van der Waals surface area (Å²) in [5.74, 6) is 0. The summed E-state index contributed by atoms with van der Waals surface area (Å²) in [6.07, 6.45) is -3.73. The summed E-state index contributed by atoms with van der Waals surface area (Å²) in [6.45, 7) is 0.212. The SMILES string of the molecule is O[C@@H]([C@H](O)[C@H]1COC(=S)O1)[C@H]1COC(=S)O1. The average molecular weight is 266 g/mol. The minimum Gasteiger partial charge on any atom is -0.453 e. The summed E-state index contributed by atoms with van der Waals surface area (Å²) >= 11 is 9.28. The molecule has 4 atom stereocenters. The Bertz CT molecular complexity index is 279. The van der Waals surface area contributed by atoms with E-state index in [2.05, 4.69) is 24.4 Å². The third kappa shape index (κ3) is 2.34. The number of aliphatic hydroxyl groups is 2. The van der Waals surface area contributed by atoms with Crippen LogP contribution in [-0.2, 0) is 18.9 Å². The number of rotatable bonds is 3. The second-order valence-electron chi connectivity index (χ2n) is 3.42. The zero-order valence-electron chi connectivity index (χ0n) is 8.07. The predicted molar refractivity (Wildman–Crippen MR) is 58.9 cm³/mol. The molecule has 0 radical (unpaired) electrons. The molecule has 2 aliphatic rings. The third-order valence-electron chi connectivity index (χ3n) is 2.34. The maximum Gasteiger partial charge on any atom is 0.352 e. The molecule has 0 aromatic rings. The molecular weight excluding hydrogens is 256 g/mol. The second kappa shape index (κ2) is 4.66. The first-order chi connectivity index (χ1) is 7.58. The molecule has 2 heterocycles. The van der Waals surface area contributed by atoms with E-state index in [-0.39, 0.29) is 23.7 Å². The average Bonchev–Trinajstić information content (AvgIpc) is 2.85. The van der Waals surface area contributed by atoms with E-state index >= 15 is 0 Å². The monoisotopic (exact) mass is 266 g/mol. The lowest BCUT2D eigenvalue weighted by atomic mass is 10.0. The summed E-state index contributed by atoms with van der Waals surface area (Å²) in [4.78, 5) is 0. The number of hydrogen-bond donors (Lipinski definition) is 2. The number of ether oxygens (including phenoxy) is 4. The van der Waals surface area contributed by atoms with Crippen LogP contribution in [0.2, 0.25) is 0 Å². The van der Waals surface area contributed by atoms with Crippen LogP contribution in [-0.4, -0.2) is 58.3 Å². The lowest BCUT2D eigenvalue weighted by Crippen LogP contribution is -2.46. The summed E-state index contributed by atoms with van der Waals surface area (Å²) in [5.41, 5.74) is 0. The number of aliphatic hydroxyl groups excluding tert-OH is 2. The molecule has 2 aliphatic heterocycles. The molecule has 2 rings (SSSR count). The van der Waals surface area contributed by atoms with Crippen LogP contribution in [0.1, 0.15) is 0 Å².